The van der Waals surface area contributed by atoms with Gasteiger partial charge in [0.25, 0.3) is 0 Å². The molecule has 2 aromatic carbocycles. The monoisotopic (exact) mass is 454 g/mol. The molecule has 30 heavy (non-hydrogen) atoms. The molecule has 0 saturated carbocycles. The first kappa shape index (κ1) is 20.7. The Morgan fingerprint density at radius 2 is 2.00 bits per heavy atom. The zero-order chi connectivity index (χ0) is 20.9. The molecule has 0 bridgehead atoms. The molecular formula is C22H19ClN4OS2. The minimum atomic E-state index is -0.0642. The molecule has 0 radical (unpaired) electrons. The van der Waals surface area contributed by atoms with Gasteiger partial charge in [-0.15, -0.1) is 28.1 Å². The van der Waals surface area contributed by atoms with E-state index in [2.05, 4.69) is 39.6 Å². The topological polar surface area (TPSA) is 59.8 Å². The average molecular weight is 455 g/mol. The van der Waals surface area contributed by atoms with E-state index in [1.54, 1.807) is 11.3 Å². The summed E-state index contributed by atoms with van der Waals surface area (Å²) in [6.45, 7) is 4.89. The van der Waals surface area contributed by atoms with Crippen molar-refractivity contribution in [2.45, 2.75) is 18.2 Å². The lowest BCUT2D eigenvalue weighted by molar-refractivity contribution is -0.118. The Bertz CT molecular complexity index is 1180. The summed E-state index contributed by atoms with van der Waals surface area (Å²) < 4.78 is 3.20. The number of amides is 1. The SMILES string of the molecule is C=CCn1c(SCC(=O)NCc2ccc(Cl)cc2)nnc1-c1csc2ccccc12. The van der Waals surface area contributed by atoms with Crippen molar-refractivity contribution < 1.29 is 4.79 Å². The molecule has 0 atom stereocenters. The number of hydrogen-bond donors (Lipinski definition) is 1. The Morgan fingerprint density at radius 3 is 2.80 bits per heavy atom. The second-order valence-electron chi connectivity index (χ2n) is 6.54. The highest BCUT2D eigenvalue weighted by molar-refractivity contribution is 7.99. The fourth-order valence-electron chi connectivity index (χ4n) is 3.02. The summed E-state index contributed by atoms with van der Waals surface area (Å²) in [7, 11) is 0. The molecule has 4 aromatic rings. The number of halogens is 1. The molecule has 4 rings (SSSR count). The van der Waals surface area contributed by atoms with E-state index < -0.39 is 0 Å². The van der Waals surface area contributed by atoms with E-state index in [1.807, 2.05) is 47.0 Å². The van der Waals surface area contributed by atoms with E-state index in [0.29, 0.717) is 23.3 Å². The third-order valence-corrected chi connectivity index (χ3v) is 6.67. The van der Waals surface area contributed by atoms with Crippen LogP contribution in [0.4, 0.5) is 0 Å². The number of thiophene rings is 1. The van der Waals surface area contributed by atoms with Crippen LogP contribution in [0.1, 0.15) is 5.56 Å². The number of nitrogens with zero attached hydrogens (tertiary/aromatic N) is 3. The number of nitrogens with one attached hydrogen (secondary N) is 1. The van der Waals surface area contributed by atoms with Crippen LogP contribution in [0.5, 0.6) is 0 Å². The van der Waals surface area contributed by atoms with Gasteiger partial charge in [0.2, 0.25) is 5.91 Å². The largest absolute Gasteiger partial charge is 0.351 e. The molecule has 0 fully saturated rings. The van der Waals surface area contributed by atoms with Crippen molar-refractivity contribution in [2.75, 3.05) is 5.75 Å². The molecule has 152 valence electrons. The number of hydrogen-bond acceptors (Lipinski definition) is 5. The Morgan fingerprint density at radius 1 is 1.20 bits per heavy atom. The molecule has 5 nitrogen and oxygen atoms in total. The second kappa shape index (κ2) is 9.47. The maximum Gasteiger partial charge on any atom is 0.230 e. The number of rotatable bonds is 8. The Kier molecular flexibility index (Phi) is 6.52. The van der Waals surface area contributed by atoms with Gasteiger partial charge >= 0.3 is 0 Å². The van der Waals surface area contributed by atoms with E-state index >= 15 is 0 Å². The molecule has 0 aliphatic heterocycles. The lowest BCUT2D eigenvalue weighted by atomic mass is 10.1. The van der Waals surface area contributed by atoms with Crippen molar-refractivity contribution in [1.29, 1.82) is 0 Å². The first-order chi connectivity index (χ1) is 14.7. The van der Waals surface area contributed by atoms with E-state index in [-0.39, 0.29) is 11.7 Å². The van der Waals surface area contributed by atoms with E-state index in [1.165, 1.54) is 16.5 Å². The summed E-state index contributed by atoms with van der Waals surface area (Å²) in [6.07, 6.45) is 1.81. The van der Waals surface area contributed by atoms with Gasteiger partial charge in [-0.25, -0.2) is 0 Å². The number of fused-ring (bicyclic) bond motifs is 1. The number of thioether (sulfide) groups is 1. The van der Waals surface area contributed by atoms with E-state index in [4.69, 9.17) is 11.6 Å². The fraction of sp³-hybridized carbons (Fsp3) is 0.136. The van der Waals surface area contributed by atoms with Crippen molar-refractivity contribution in [3.63, 3.8) is 0 Å². The van der Waals surface area contributed by atoms with Gasteiger partial charge in [-0.2, -0.15) is 0 Å². The zero-order valence-corrected chi connectivity index (χ0v) is 18.4. The van der Waals surface area contributed by atoms with Crippen LogP contribution in [-0.4, -0.2) is 26.4 Å². The molecule has 0 unspecified atom stereocenters. The van der Waals surface area contributed by atoms with Gasteiger partial charge in [0.1, 0.15) is 0 Å². The lowest BCUT2D eigenvalue weighted by Gasteiger charge is -2.08. The minimum absolute atomic E-state index is 0.0642. The molecule has 8 heteroatoms. The normalized spacial score (nSPS) is 11.0. The zero-order valence-electron chi connectivity index (χ0n) is 16.0. The number of aromatic nitrogens is 3. The van der Waals surface area contributed by atoms with Crippen LogP contribution in [0.3, 0.4) is 0 Å². The molecule has 0 saturated heterocycles. The molecule has 0 aliphatic rings. The first-order valence-electron chi connectivity index (χ1n) is 9.30. The predicted octanol–water partition coefficient (Wildman–Crippen LogP) is 5.41. The molecule has 0 spiro atoms. The van der Waals surface area contributed by atoms with Crippen molar-refractivity contribution >= 4 is 50.7 Å². The molecule has 1 amide bonds. The van der Waals surface area contributed by atoms with Crippen molar-refractivity contribution in [1.82, 2.24) is 20.1 Å². The smallest absolute Gasteiger partial charge is 0.230 e. The summed E-state index contributed by atoms with van der Waals surface area (Å²) in [5.74, 6) is 0.981. The van der Waals surface area contributed by atoms with E-state index in [0.717, 1.165) is 22.3 Å². The highest BCUT2D eigenvalue weighted by atomic mass is 35.5. The van der Waals surface area contributed by atoms with Crippen LogP contribution in [0.2, 0.25) is 5.02 Å². The summed E-state index contributed by atoms with van der Waals surface area (Å²) in [6, 6.07) is 15.6. The first-order valence-corrected chi connectivity index (χ1v) is 11.5. The minimum Gasteiger partial charge on any atom is -0.351 e. The van der Waals surface area contributed by atoms with Crippen LogP contribution in [0.15, 0.2) is 71.7 Å². The van der Waals surface area contributed by atoms with Crippen LogP contribution in [-0.2, 0) is 17.9 Å². The predicted molar refractivity (Wildman–Crippen MR) is 125 cm³/mol. The second-order valence-corrected chi connectivity index (χ2v) is 8.83. The number of carbonyl (C=O) groups excluding carboxylic acids is 1. The number of carbonyl (C=O) groups is 1. The summed E-state index contributed by atoms with van der Waals surface area (Å²) in [5.41, 5.74) is 2.04. The fourth-order valence-corrected chi connectivity index (χ4v) is 4.87. The van der Waals surface area contributed by atoms with Gasteiger partial charge in [-0.3, -0.25) is 9.36 Å². The van der Waals surface area contributed by atoms with Gasteiger partial charge in [-0.05, 0) is 23.8 Å². The average Bonchev–Trinajstić information content (AvgIpc) is 3.36. The summed E-state index contributed by atoms with van der Waals surface area (Å²) in [5, 5.41) is 16.3. The van der Waals surface area contributed by atoms with E-state index in [9.17, 15) is 4.79 Å². The van der Waals surface area contributed by atoms with Gasteiger partial charge in [0.05, 0.1) is 5.75 Å². The highest BCUT2D eigenvalue weighted by Gasteiger charge is 2.17. The summed E-state index contributed by atoms with van der Waals surface area (Å²) in [4.78, 5) is 12.3. The standard InChI is InChI=1S/C22H19ClN4OS2/c1-2-11-27-21(18-13-29-19-6-4-3-5-17(18)19)25-26-22(27)30-14-20(28)24-12-15-7-9-16(23)10-8-15/h2-10,13H,1,11-12,14H2,(H,24,28). The highest BCUT2D eigenvalue weighted by Crippen LogP contribution is 2.34. The van der Waals surface area contributed by atoms with Crippen molar-refractivity contribution in [3.05, 3.63) is 77.2 Å². The molecule has 0 aliphatic carbocycles. The maximum absolute atomic E-state index is 12.3. The van der Waals surface area contributed by atoms with Crippen LogP contribution in [0.25, 0.3) is 21.5 Å². The van der Waals surface area contributed by atoms with Gasteiger partial charge in [0.15, 0.2) is 11.0 Å². The van der Waals surface area contributed by atoms with Gasteiger partial charge in [-0.1, -0.05) is 59.8 Å². The Balaban J connectivity index is 1.46. The molecule has 1 N–H and O–H groups in total. The quantitative estimate of drug-likeness (QED) is 0.286. The third-order valence-electron chi connectivity index (χ3n) is 4.49. The van der Waals surface area contributed by atoms with Gasteiger partial charge in [0, 0.05) is 39.1 Å². The van der Waals surface area contributed by atoms with Crippen LogP contribution >= 0.6 is 34.7 Å². The van der Waals surface area contributed by atoms with Crippen molar-refractivity contribution in [3.8, 4) is 11.4 Å². The molecular weight excluding hydrogens is 436 g/mol. The Labute approximate surface area is 187 Å². The van der Waals surface area contributed by atoms with Crippen LogP contribution in [0, 0.1) is 0 Å². The van der Waals surface area contributed by atoms with Gasteiger partial charge < -0.3 is 5.32 Å². The third kappa shape index (κ3) is 4.59. The summed E-state index contributed by atoms with van der Waals surface area (Å²) >= 11 is 8.94. The maximum atomic E-state index is 12.3. The molecule has 2 aromatic heterocycles. The van der Waals surface area contributed by atoms with Crippen LogP contribution < -0.4 is 5.32 Å². The lowest BCUT2D eigenvalue weighted by Crippen LogP contribution is -2.24. The number of benzene rings is 2. The molecule has 2 heterocycles. The number of allylic oxidation sites excluding steroid dienone is 1. The Hall–Kier alpha value is -2.61. The van der Waals surface area contributed by atoms with Crippen molar-refractivity contribution in [2.24, 2.45) is 0 Å².